The first-order valence-electron chi connectivity index (χ1n) is 8.52. The zero-order chi connectivity index (χ0) is 18.6. The molecule has 0 amide bonds. The minimum atomic E-state index is -0.759. The Morgan fingerprint density at radius 3 is 2.52 bits per heavy atom. The lowest BCUT2D eigenvalue weighted by molar-refractivity contribution is 0.0547. The van der Waals surface area contributed by atoms with Crippen molar-refractivity contribution >= 4 is 0 Å². The Labute approximate surface area is 149 Å². The van der Waals surface area contributed by atoms with Crippen LogP contribution in [0.2, 0.25) is 0 Å². The van der Waals surface area contributed by atoms with Crippen molar-refractivity contribution in [2.75, 3.05) is 6.61 Å². The quantitative estimate of drug-likeness (QED) is 0.719. The van der Waals surface area contributed by atoms with E-state index in [0.29, 0.717) is 25.5 Å². The normalized spacial score (nSPS) is 11.6. The summed E-state index contributed by atoms with van der Waals surface area (Å²) < 4.78 is 5.70. The van der Waals surface area contributed by atoms with Gasteiger partial charge in [-0.05, 0) is 49.9 Å². The highest BCUT2D eigenvalue weighted by atomic mass is 16.5. The van der Waals surface area contributed by atoms with Crippen LogP contribution in [-0.2, 0) is 13.2 Å². The first kappa shape index (κ1) is 19.4. The molecule has 1 aromatic heterocycles. The lowest BCUT2D eigenvalue weighted by atomic mass is 9.92. The fraction of sp³-hybridized carbons (Fsp3) is 0.450. The second-order valence-corrected chi connectivity index (χ2v) is 6.95. The highest BCUT2D eigenvalue weighted by Gasteiger charge is 2.16. The molecule has 0 unspecified atom stereocenters. The van der Waals surface area contributed by atoms with Gasteiger partial charge in [0.15, 0.2) is 0 Å². The third kappa shape index (κ3) is 4.78. The van der Waals surface area contributed by atoms with Crippen LogP contribution in [0.15, 0.2) is 24.3 Å². The van der Waals surface area contributed by atoms with Gasteiger partial charge in [0.1, 0.15) is 0 Å². The Morgan fingerprint density at radius 1 is 1.24 bits per heavy atom. The summed E-state index contributed by atoms with van der Waals surface area (Å²) in [5.41, 5.74) is 10.8. The fourth-order valence-electron chi connectivity index (χ4n) is 2.94. The van der Waals surface area contributed by atoms with Crippen molar-refractivity contribution in [2.24, 2.45) is 5.73 Å². The molecule has 0 atom stereocenters. The van der Waals surface area contributed by atoms with E-state index in [9.17, 15) is 10.2 Å². The first-order valence-corrected chi connectivity index (χ1v) is 8.52. The molecule has 0 saturated heterocycles. The average Bonchev–Trinajstić information content (AvgIpc) is 2.52. The number of aliphatic hydroxyl groups excluding tert-OH is 1. The van der Waals surface area contributed by atoms with Crippen LogP contribution in [0.5, 0.6) is 5.88 Å². The van der Waals surface area contributed by atoms with E-state index in [1.807, 2.05) is 38.1 Å². The summed E-state index contributed by atoms with van der Waals surface area (Å²) in [6, 6.07) is 7.72. The summed E-state index contributed by atoms with van der Waals surface area (Å²) in [5, 5.41) is 19.3. The standard InChI is InChI=1S/C20H28N2O3/c1-13-10-18(25-9-8-20(3,4)24)22-14(2)19(13)16-7-5-6-15(12-23)17(16)11-21/h5-7,10,23-24H,8-9,11-12,21H2,1-4H3. The minimum absolute atomic E-state index is 0.0377. The number of rotatable bonds is 7. The van der Waals surface area contributed by atoms with Gasteiger partial charge in [0, 0.05) is 30.3 Å². The second kappa shape index (κ2) is 7.95. The molecule has 0 bridgehead atoms. The smallest absolute Gasteiger partial charge is 0.213 e. The SMILES string of the molecule is Cc1cc(OCCC(C)(C)O)nc(C)c1-c1cccc(CO)c1CN. The van der Waals surface area contributed by atoms with Crippen molar-refractivity contribution < 1.29 is 14.9 Å². The van der Waals surface area contributed by atoms with Crippen LogP contribution in [0.25, 0.3) is 11.1 Å². The summed E-state index contributed by atoms with van der Waals surface area (Å²) >= 11 is 0. The van der Waals surface area contributed by atoms with E-state index in [1.54, 1.807) is 13.8 Å². The zero-order valence-electron chi connectivity index (χ0n) is 15.5. The van der Waals surface area contributed by atoms with Gasteiger partial charge in [0.2, 0.25) is 5.88 Å². The number of benzene rings is 1. The summed E-state index contributed by atoms with van der Waals surface area (Å²) in [6.07, 6.45) is 0.532. The molecule has 0 saturated carbocycles. The van der Waals surface area contributed by atoms with Gasteiger partial charge in [-0.2, -0.15) is 0 Å². The maximum absolute atomic E-state index is 9.77. The van der Waals surface area contributed by atoms with Crippen molar-refractivity contribution in [2.45, 2.75) is 52.9 Å². The number of hydrogen-bond donors (Lipinski definition) is 3. The van der Waals surface area contributed by atoms with Crippen molar-refractivity contribution in [1.29, 1.82) is 0 Å². The predicted octanol–water partition coefficient (Wildman–Crippen LogP) is 2.86. The second-order valence-electron chi connectivity index (χ2n) is 6.95. The average molecular weight is 344 g/mol. The number of hydrogen-bond acceptors (Lipinski definition) is 5. The Bertz CT molecular complexity index is 713. The van der Waals surface area contributed by atoms with E-state index in [2.05, 4.69) is 4.98 Å². The maximum Gasteiger partial charge on any atom is 0.213 e. The van der Waals surface area contributed by atoms with Crippen LogP contribution in [-0.4, -0.2) is 27.4 Å². The molecule has 25 heavy (non-hydrogen) atoms. The van der Waals surface area contributed by atoms with Gasteiger partial charge in [-0.15, -0.1) is 0 Å². The molecular formula is C20H28N2O3. The number of pyridine rings is 1. The maximum atomic E-state index is 9.77. The minimum Gasteiger partial charge on any atom is -0.478 e. The molecule has 1 heterocycles. The van der Waals surface area contributed by atoms with Crippen molar-refractivity contribution in [3.8, 4) is 17.0 Å². The first-order chi connectivity index (χ1) is 11.8. The topological polar surface area (TPSA) is 88.6 Å². The third-order valence-electron chi connectivity index (χ3n) is 4.25. The summed E-state index contributed by atoms with van der Waals surface area (Å²) in [5.74, 6) is 0.551. The van der Waals surface area contributed by atoms with Crippen LogP contribution in [0.1, 0.15) is 42.7 Å². The molecule has 0 fully saturated rings. The molecule has 0 aliphatic carbocycles. The molecule has 0 spiro atoms. The predicted molar refractivity (Wildman–Crippen MR) is 99.4 cm³/mol. The van der Waals surface area contributed by atoms with Crippen molar-refractivity contribution in [1.82, 2.24) is 4.98 Å². The molecule has 0 aliphatic heterocycles. The number of aryl methyl sites for hydroxylation is 2. The van der Waals surface area contributed by atoms with Crippen LogP contribution >= 0.6 is 0 Å². The number of nitrogens with two attached hydrogens (primary N) is 1. The molecule has 2 aromatic rings. The third-order valence-corrected chi connectivity index (χ3v) is 4.25. The van der Waals surface area contributed by atoms with Gasteiger partial charge in [-0.3, -0.25) is 0 Å². The molecular weight excluding hydrogens is 316 g/mol. The summed E-state index contributed by atoms with van der Waals surface area (Å²) in [7, 11) is 0. The van der Waals surface area contributed by atoms with E-state index in [1.165, 1.54) is 0 Å². The van der Waals surface area contributed by atoms with E-state index in [4.69, 9.17) is 10.5 Å². The molecule has 1 aromatic carbocycles. The molecule has 2 rings (SSSR count). The Hall–Kier alpha value is -1.95. The summed E-state index contributed by atoms with van der Waals surface area (Å²) in [6.45, 7) is 8.19. The largest absolute Gasteiger partial charge is 0.478 e. The summed E-state index contributed by atoms with van der Waals surface area (Å²) in [4.78, 5) is 4.55. The molecule has 136 valence electrons. The molecule has 5 heteroatoms. The van der Waals surface area contributed by atoms with E-state index in [0.717, 1.165) is 33.5 Å². The lowest BCUT2D eigenvalue weighted by Crippen LogP contribution is -2.22. The Morgan fingerprint density at radius 2 is 1.96 bits per heavy atom. The zero-order valence-corrected chi connectivity index (χ0v) is 15.5. The highest BCUT2D eigenvalue weighted by molar-refractivity contribution is 5.74. The van der Waals surface area contributed by atoms with E-state index >= 15 is 0 Å². The van der Waals surface area contributed by atoms with E-state index < -0.39 is 5.60 Å². The molecule has 0 aliphatic rings. The molecule has 4 N–H and O–H groups in total. The van der Waals surface area contributed by atoms with Gasteiger partial charge in [0.05, 0.1) is 18.8 Å². The number of ether oxygens (including phenoxy) is 1. The molecule has 5 nitrogen and oxygen atoms in total. The van der Waals surface area contributed by atoms with Crippen LogP contribution in [0.3, 0.4) is 0 Å². The van der Waals surface area contributed by atoms with Gasteiger partial charge in [-0.25, -0.2) is 4.98 Å². The van der Waals surface area contributed by atoms with Crippen LogP contribution in [0.4, 0.5) is 0 Å². The Kier molecular flexibility index (Phi) is 6.16. The lowest BCUT2D eigenvalue weighted by Gasteiger charge is -2.19. The van der Waals surface area contributed by atoms with E-state index in [-0.39, 0.29) is 6.61 Å². The number of aromatic nitrogens is 1. The number of nitrogens with zero attached hydrogens (tertiary/aromatic N) is 1. The van der Waals surface area contributed by atoms with Gasteiger partial charge in [-0.1, -0.05) is 18.2 Å². The highest BCUT2D eigenvalue weighted by Crippen LogP contribution is 2.32. The van der Waals surface area contributed by atoms with Crippen molar-refractivity contribution in [3.63, 3.8) is 0 Å². The number of aliphatic hydroxyl groups is 2. The van der Waals surface area contributed by atoms with Gasteiger partial charge < -0.3 is 20.7 Å². The fourth-order valence-corrected chi connectivity index (χ4v) is 2.94. The monoisotopic (exact) mass is 344 g/mol. The Balaban J connectivity index is 2.35. The van der Waals surface area contributed by atoms with Gasteiger partial charge in [0.25, 0.3) is 0 Å². The molecule has 0 radical (unpaired) electrons. The van der Waals surface area contributed by atoms with Crippen LogP contribution < -0.4 is 10.5 Å². The van der Waals surface area contributed by atoms with Crippen molar-refractivity contribution in [3.05, 3.63) is 46.6 Å². The van der Waals surface area contributed by atoms with Gasteiger partial charge >= 0.3 is 0 Å². The van der Waals surface area contributed by atoms with Crippen LogP contribution in [0, 0.1) is 13.8 Å².